The van der Waals surface area contributed by atoms with Gasteiger partial charge in [-0.05, 0) is 57.2 Å². The van der Waals surface area contributed by atoms with E-state index in [0.29, 0.717) is 11.2 Å². The second-order valence-corrected chi connectivity index (χ2v) is 5.37. The van der Waals surface area contributed by atoms with Gasteiger partial charge in [-0.15, -0.1) is 5.92 Å². The summed E-state index contributed by atoms with van der Waals surface area (Å²) in [4.78, 5) is 17.0. The third-order valence-electron chi connectivity index (χ3n) is 3.60. The monoisotopic (exact) mass is 303 g/mol. The van der Waals surface area contributed by atoms with E-state index in [2.05, 4.69) is 22.1 Å². The molecule has 1 amide bonds. The highest BCUT2D eigenvalue weighted by molar-refractivity contribution is 6.08. The largest absolute Gasteiger partial charge is 0.322 e. The second-order valence-electron chi connectivity index (χ2n) is 5.37. The molecule has 4 heteroatoms. The van der Waals surface area contributed by atoms with Crippen LogP contribution in [0.2, 0.25) is 0 Å². The lowest BCUT2D eigenvalue weighted by atomic mass is 10.2. The molecule has 3 aromatic rings. The zero-order valence-corrected chi connectivity index (χ0v) is 13.3. The Kier molecular flexibility index (Phi) is 3.86. The normalized spacial score (nSPS) is 10.2. The number of hydrogen-bond donors (Lipinski definition) is 1. The third kappa shape index (κ3) is 2.95. The summed E-state index contributed by atoms with van der Waals surface area (Å²) in [6, 6.07) is 11.2. The van der Waals surface area contributed by atoms with Gasteiger partial charge in [0, 0.05) is 28.8 Å². The number of rotatable bonds is 2. The first-order valence-corrected chi connectivity index (χ1v) is 7.38. The molecule has 0 saturated carbocycles. The molecule has 0 aliphatic rings. The van der Waals surface area contributed by atoms with E-state index in [1.807, 2.05) is 54.8 Å². The highest BCUT2D eigenvalue weighted by Gasteiger charge is 2.14. The first-order valence-electron chi connectivity index (χ1n) is 7.38. The van der Waals surface area contributed by atoms with Gasteiger partial charge < -0.3 is 9.72 Å². The molecule has 0 atom stereocenters. The van der Waals surface area contributed by atoms with Gasteiger partial charge in [-0.2, -0.15) is 0 Å². The number of fused-ring (bicyclic) bond motifs is 1. The summed E-state index contributed by atoms with van der Waals surface area (Å²) in [5, 5.41) is 2.90. The first-order chi connectivity index (χ1) is 11.1. The molecule has 114 valence electrons. The summed E-state index contributed by atoms with van der Waals surface area (Å²) in [5.74, 6) is 5.66. The quantitative estimate of drug-likeness (QED) is 0.736. The average Bonchev–Trinajstić information content (AvgIpc) is 2.93. The molecule has 0 aliphatic carbocycles. The number of carbonyl (C=O) groups excluding carboxylic acids is 1. The van der Waals surface area contributed by atoms with Crippen LogP contribution in [0.4, 0.5) is 5.69 Å². The van der Waals surface area contributed by atoms with Gasteiger partial charge in [-0.1, -0.05) is 5.92 Å². The van der Waals surface area contributed by atoms with Gasteiger partial charge in [0.15, 0.2) is 0 Å². The fraction of sp³-hybridized carbons (Fsp3) is 0.158. The molecule has 1 aromatic carbocycles. The van der Waals surface area contributed by atoms with E-state index in [0.717, 1.165) is 22.6 Å². The lowest BCUT2D eigenvalue weighted by molar-refractivity contribution is 0.102. The van der Waals surface area contributed by atoms with E-state index < -0.39 is 0 Å². The van der Waals surface area contributed by atoms with Gasteiger partial charge >= 0.3 is 0 Å². The van der Waals surface area contributed by atoms with Crippen LogP contribution in [0.3, 0.4) is 0 Å². The highest BCUT2D eigenvalue weighted by atomic mass is 16.1. The molecular weight excluding hydrogens is 286 g/mol. The van der Waals surface area contributed by atoms with Crippen LogP contribution in [-0.2, 0) is 0 Å². The van der Waals surface area contributed by atoms with Crippen LogP contribution in [0.5, 0.6) is 0 Å². The minimum absolute atomic E-state index is 0.167. The summed E-state index contributed by atoms with van der Waals surface area (Å²) in [7, 11) is 0. The van der Waals surface area contributed by atoms with Crippen molar-refractivity contribution in [1.82, 2.24) is 9.38 Å². The van der Waals surface area contributed by atoms with E-state index in [9.17, 15) is 4.79 Å². The molecule has 0 spiro atoms. The Bertz CT molecular complexity index is 940. The summed E-state index contributed by atoms with van der Waals surface area (Å²) < 4.78 is 1.92. The van der Waals surface area contributed by atoms with Gasteiger partial charge in [0.2, 0.25) is 0 Å². The summed E-state index contributed by atoms with van der Waals surface area (Å²) in [6.45, 7) is 5.72. The lowest BCUT2D eigenvalue weighted by Gasteiger charge is -2.06. The van der Waals surface area contributed by atoms with Crippen LogP contribution < -0.4 is 5.32 Å². The Morgan fingerprint density at radius 3 is 2.61 bits per heavy atom. The van der Waals surface area contributed by atoms with Crippen LogP contribution in [0.15, 0.2) is 42.6 Å². The van der Waals surface area contributed by atoms with Crippen LogP contribution >= 0.6 is 0 Å². The van der Waals surface area contributed by atoms with Crippen molar-refractivity contribution in [2.24, 2.45) is 0 Å². The van der Waals surface area contributed by atoms with Crippen molar-refractivity contribution in [1.29, 1.82) is 0 Å². The van der Waals surface area contributed by atoms with Crippen molar-refractivity contribution in [2.75, 3.05) is 5.32 Å². The molecular formula is C19H17N3O. The van der Waals surface area contributed by atoms with Crippen molar-refractivity contribution >= 4 is 17.2 Å². The maximum atomic E-state index is 12.5. The Morgan fingerprint density at radius 1 is 1.17 bits per heavy atom. The lowest BCUT2D eigenvalue weighted by Crippen LogP contribution is -2.12. The van der Waals surface area contributed by atoms with E-state index in [1.165, 1.54) is 0 Å². The Labute approximate surface area is 135 Å². The molecule has 0 radical (unpaired) electrons. The topological polar surface area (TPSA) is 46.4 Å². The molecule has 1 N–H and O–H groups in total. The van der Waals surface area contributed by atoms with Crippen molar-refractivity contribution in [2.45, 2.75) is 20.8 Å². The van der Waals surface area contributed by atoms with E-state index in [-0.39, 0.29) is 5.91 Å². The molecule has 0 fully saturated rings. The van der Waals surface area contributed by atoms with Gasteiger partial charge in [-0.3, -0.25) is 4.79 Å². The fourth-order valence-corrected chi connectivity index (χ4v) is 2.55. The molecule has 23 heavy (non-hydrogen) atoms. The first kappa shape index (κ1) is 14.9. The SMILES string of the molecule is CC#Cc1ccc(NC(=O)c2ccn3c(C)cc(C)nc23)cc1. The van der Waals surface area contributed by atoms with E-state index >= 15 is 0 Å². The summed E-state index contributed by atoms with van der Waals surface area (Å²) in [5.41, 5.74) is 4.84. The second kappa shape index (κ2) is 5.98. The molecule has 0 unspecified atom stereocenters. The van der Waals surface area contributed by atoms with Gasteiger partial charge in [0.05, 0.1) is 5.56 Å². The minimum Gasteiger partial charge on any atom is -0.322 e. The molecule has 0 bridgehead atoms. The summed E-state index contributed by atoms with van der Waals surface area (Å²) in [6.07, 6.45) is 1.87. The van der Waals surface area contributed by atoms with Gasteiger partial charge in [0.25, 0.3) is 5.91 Å². The Hall–Kier alpha value is -3.06. The van der Waals surface area contributed by atoms with Crippen molar-refractivity contribution in [3.05, 3.63) is 65.1 Å². The van der Waals surface area contributed by atoms with Gasteiger partial charge in [0.1, 0.15) is 5.65 Å². The van der Waals surface area contributed by atoms with E-state index in [1.54, 1.807) is 13.0 Å². The predicted octanol–water partition coefficient (Wildman–Crippen LogP) is 3.57. The molecule has 0 saturated heterocycles. The number of aryl methyl sites for hydroxylation is 2. The maximum Gasteiger partial charge on any atom is 0.259 e. The Morgan fingerprint density at radius 2 is 1.91 bits per heavy atom. The zero-order chi connectivity index (χ0) is 16.4. The minimum atomic E-state index is -0.167. The van der Waals surface area contributed by atoms with Crippen molar-refractivity contribution in [3.8, 4) is 11.8 Å². The van der Waals surface area contributed by atoms with Crippen molar-refractivity contribution in [3.63, 3.8) is 0 Å². The molecule has 4 nitrogen and oxygen atoms in total. The smallest absolute Gasteiger partial charge is 0.259 e. The molecule has 0 aliphatic heterocycles. The number of anilines is 1. The average molecular weight is 303 g/mol. The number of nitrogens with one attached hydrogen (secondary N) is 1. The number of nitrogens with zero attached hydrogens (tertiary/aromatic N) is 2. The molecule has 2 heterocycles. The Balaban J connectivity index is 1.90. The van der Waals surface area contributed by atoms with Gasteiger partial charge in [-0.25, -0.2) is 4.98 Å². The van der Waals surface area contributed by atoms with Crippen LogP contribution in [0.1, 0.15) is 34.2 Å². The number of benzene rings is 1. The van der Waals surface area contributed by atoms with E-state index in [4.69, 9.17) is 0 Å². The highest BCUT2D eigenvalue weighted by Crippen LogP contribution is 2.17. The standard InChI is InChI=1S/C19H17N3O/c1-4-5-15-6-8-16(9-7-15)21-19(23)17-10-11-22-14(3)12-13(2)20-18(17)22/h6-12H,1-3H3,(H,21,23). The maximum absolute atomic E-state index is 12.5. The fourth-order valence-electron chi connectivity index (χ4n) is 2.55. The molecule has 3 rings (SSSR count). The van der Waals surface area contributed by atoms with Crippen LogP contribution in [-0.4, -0.2) is 15.3 Å². The number of amides is 1. The number of hydrogen-bond acceptors (Lipinski definition) is 2. The van der Waals surface area contributed by atoms with Crippen molar-refractivity contribution < 1.29 is 4.79 Å². The van der Waals surface area contributed by atoms with Crippen LogP contribution in [0.25, 0.3) is 5.65 Å². The van der Waals surface area contributed by atoms with Crippen LogP contribution in [0, 0.1) is 25.7 Å². The number of carbonyl (C=O) groups is 1. The summed E-state index contributed by atoms with van der Waals surface area (Å²) >= 11 is 0. The number of aromatic nitrogens is 2. The zero-order valence-electron chi connectivity index (χ0n) is 13.3. The molecule has 2 aromatic heterocycles. The predicted molar refractivity (Wildman–Crippen MR) is 91.6 cm³/mol. The third-order valence-corrected chi connectivity index (χ3v) is 3.60.